The van der Waals surface area contributed by atoms with E-state index in [2.05, 4.69) is 4.74 Å². The molecule has 0 atom stereocenters. The van der Waals surface area contributed by atoms with Crippen LogP contribution >= 0.6 is 0 Å². The zero-order valence-electron chi connectivity index (χ0n) is 11.0. The monoisotopic (exact) mass is 244 g/mol. The fourth-order valence-electron chi connectivity index (χ4n) is 0.958. The van der Waals surface area contributed by atoms with E-state index in [4.69, 9.17) is 5.11 Å². The van der Waals surface area contributed by atoms with Crippen molar-refractivity contribution in [2.75, 3.05) is 7.11 Å². The predicted molar refractivity (Wildman–Crippen MR) is 47.0 cm³/mol. The van der Waals surface area contributed by atoms with Crippen molar-refractivity contribution in [3.8, 4) is 0 Å². The summed E-state index contributed by atoms with van der Waals surface area (Å²) in [6.07, 6.45) is 0. The Morgan fingerprint density at radius 2 is 1.73 bits per heavy atom. The number of carbonyl (C=O) groups is 2. The van der Waals surface area contributed by atoms with Gasteiger partial charge < -0.3 is 12.7 Å². The first-order valence-corrected chi connectivity index (χ1v) is 3.57. The van der Waals surface area contributed by atoms with E-state index in [-0.39, 0.29) is 94.9 Å². The Labute approximate surface area is 155 Å². The summed E-state index contributed by atoms with van der Waals surface area (Å²) in [6, 6.07) is 5.90. The number of aromatic carboxylic acids is 1. The quantitative estimate of drug-likeness (QED) is 0.420. The largest absolute Gasteiger partial charge is 1.00 e. The van der Waals surface area contributed by atoms with E-state index >= 15 is 0 Å². The molecule has 0 saturated heterocycles. The first-order valence-electron chi connectivity index (χ1n) is 3.57. The average molecular weight is 244 g/mol. The summed E-state index contributed by atoms with van der Waals surface area (Å²) >= 11 is 0. The summed E-state index contributed by atoms with van der Waals surface area (Å²) in [5, 5.41) is 8.70. The number of esters is 1. The van der Waals surface area contributed by atoms with Gasteiger partial charge in [0.25, 0.3) is 0 Å². The van der Waals surface area contributed by atoms with E-state index in [9.17, 15) is 9.59 Å². The molecule has 0 heterocycles. The van der Waals surface area contributed by atoms with E-state index in [1.807, 2.05) is 0 Å². The molecule has 1 rings (SSSR count). The minimum absolute atomic E-state index is 0. The van der Waals surface area contributed by atoms with Gasteiger partial charge in [-0.2, -0.15) is 0 Å². The molecule has 0 radical (unpaired) electrons. The van der Waals surface area contributed by atoms with E-state index in [1.54, 1.807) is 12.1 Å². The molecule has 0 fully saturated rings. The molecule has 15 heavy (non-hydrogen) atoms. The Hall–Kier alpha value is 0.796. The number of ether oxygens (including phenoxy) is 1. The molecule has 1 N–H and O–H groups in total. The third-order valence-corrected chi connectivity index (χ3v) is 1.56. The molecule has 0 spiro atoms. The summed E-state index contributed by atoms with van der Waals surface area (Å²) in [6.45, 7) is 0. The normalized spacial score (nSPS) is 8.07. The van der Waals surface area contributed by atoms with Crippen LogP contribution in [0.4, 0.5) is 0 Å². The average Bonchev–Trinajstić information content (AvgIpc) is 2.16. The van der Waals surface area contributed by atoms with Crippen molar-refractivity contribution >= 4 is 11.9 Å². The van der Waals surface area contributed by atoms with Crippen LogP contribution < -0.4 is 80.9 Å². The van der Waals surface area contributed by atoms with Crippen LogP contribution in [0.2, 0.25) is 0 Å². The molecule has 1 aromatic rings. The van der Waals surface area contributed by atoms with Gasteiger partial charge in [0, 0.05) is 0 Å². The number of methoxy groups -OCH3 is 1. The van der Waals surface area contributed by atoms with Crippen molar-refractivity contribution in [3.63, 3.8) is 0 Å². The standard InChI is InChI=1S/C9H8O4.K.Na.2H/c1-13-9(12)7-5-3-2-4-6(7)8(10)11;;;;/h2-5H,1H3,(H,10,11);;;;/q;2*+1;2*-1. The minimum Gasteiger partial charge on any atom is -1.00 e. The van der Waals surface area contributed by atoms with Crippen LogP contribution in [-0.2, 0) is 4.74 Å². The van der Waals surface area contributed by atoms with Gasteiger partial charge in [0.1, 0.15) is 0 Å². The second kappa shape index (κ2) is 8.89. The minimum atomic E-state index is -1.14. The van der Waals surface area contributed by atoms with Crippen LogP contribution in [0.15, 0.2) is 24.3 Å². The topological polar surface area (TPSA) is 63.6 Å². The van der Waals surface area contributed by atoms with Crippen molar-refractivity contribution in [1.29, 1.82) is 0 Å². The molecule has 1 aromatic carbocycles. The fourth-order valence-corrected chi connectivity index (χ4v) is 0.958. The maximum atomic E-state index is 11.1. The molecule has 0 bridgehead atoms. The Morgan fingerprint density at radius 3 is 2.13 bits per heavy atom. The molecular formula is C9H10KNaO4. The Kier molecular flexibility index (Phi) is 10.8. The fraction of sp³-hybridized carbons (Fsp3) is 0.111. The Bertz CT molecular complexity index is 363. The van der Waals surface area contributed by atoms with Gasteiger partial charge in [-0.15, -0.1) is 0 Å². The molecule has 72 valence electrons. The number of benzene rings is 1. The number of carboxylic acid groups (broad SMARTS) is 1. The summed E-state index contributed by atoms with van der Waals surface area (Å²) < 4.78 is 4.42. The third kappa shape index (κ3) is 5.10. The number of hydrogen-bond donors (Lipinski definition) is 1. The van der Waals surface area contributed by atoms with Gasteiger partial charge in [-0.25, -0.2) is 9.59 Å². The van der Waals surface area contributed by atoms with Gasteiger partial charge in [0.15, 0.2) is 0 Å². The van der Waals surface area contributed by atoms with Gasteiger partial charge in [-0.05, 0) is 12.1 Å². The molecular weight excluding hydrogens is 234 g/mol. The van der Waals surface area contributed by atoms with E-state index < -0.39 is 11.9 Å². The van der Waals surface area contributed by atoms with Crippen LogP contribution in [0, 0.1) is 0 Å². The summed E-state index contributed by atoms with van der Waals surface area (Å²) in [5.74, 6) is -1.78. The first-order chi connectivity index (χ1) is 6.16. The van der Waals surface area contributed by atoms with Crippen molar-refractivity contribution < 1.29 is 103 Å². The first kappa shape index (κ1) is 18.2. The van der Waals surface area contributed by atoms with Crippen molar-refractivity contribution in [2.45, 2.75) is 0 Å². The van der Waals surface area contributed by atoms with Gasteiger partial charge in [-0.3, -0.25) is 0 Å². The molecule has 0 aliphatic heterocycles. The maximum Gasteiger partial charge on any atom is 1.00 e. The number of rotatable bonds is 2. The molecule has 6 heteroatoms. The van der Waals surface area contributed by atoms with Crippen LogP contribution in [0.1, 0.15) is 23.6 Å². The number of carbonyl (C=O) groups excluding carboxylic acids is 1. The van der Waals surface area contributed by atoms with Crippen molar-refractivity contribution in [3.05, 3.63) is 35.4 Å². The summed E-state index contributed by atoms with van der Waals surface area (Å²) in [4.78, 5) is 21.7. The SMILES string of the molecule is COC(=O)c1ccccc1C(=O)O.[H-].[H-].[K+].[Na+]. The second-order valence-corrected chi connectivity index (χ2v) is 2.34. The molecule has 0 aliphatic carbocycles. The van der Waals surface area contributed by atoms with Gasteiger partial charge in [-0.1, -0.05) is 12.1 Å². The second-order valence-electron chi connectivity index (χ2n) is 2.34. The van der Waals surface area contributed by atoms with E-state index in [1.165, 1.54) is 19.2 Å². The smallest absolute Gasteiger partial charge is 1.00 e. The van der Waals surface area contributed by atoms with Crippen LogP contribution in [0.3, 0.4) is 0 Å². The van der Waals surface area contributed by atoms with Crippen LogP contribution in [0.25, 0.3) is 0 Å². The number of carboxylic acids is 1. The van der Waals surface area contributed by atoms with Crippen molar-refractivity contribution in [2.24, 2.45) is 0 Å². The molecule has 0 amide bonds. The molecule has 0 unspecified atom stereocenters. The molecule has 4 nitrogen and oxygen atoms in total. The molecule has 0 aromatic heterocycles. The Morgan fingerprint density at radius 1 is 1.27 bits per heavy atom. The zero-order valence-corrected chi connectivity index (χ0v) is 14.1. The van der Waals surface area contributed by atoms with Gasteiger partial charge in [0.2, 0.25) is 0 Å². The van der Waals surface area contributed by atoms with E-state index in [0.717, 1.165) is 0 Å². The Balaban J connectivity index is -0.000000211. The summed E-state index contributed by atoms with van der Waals surface area (Å²) in [5.41, 5.74) is 0.0202. The predicted octanol–water partition coefficient (Wildman–Crippen LogP) is -4.60. The van der Waals surface area contributed by atoms with Crippen LogP contribution in [-0.4, -0.2) is 24.2 Å². The summed E-state index contributed by atoms with van der Waals surface area (Å²) in [7, 11) is 1.21. The van der Waals surface area contributed by atoms with Gasteiger partial charge >= 0.3 is 92.9 Å². The molecule has 0 saturated carbocycles. The maximum absolute atomic E-state index is 11.1. The van der Waals surface area contributed by atoms with Crippen molar-refractivity contribution in [1.82, 2.24) is 0 Å². The van der Waals surface area contributed by atoms with Crippen LogP contribution in [0.5, 0.6) is 0 Å². The molecule has 0 aliphatic rings. The third-order valence-electron chi connectivity index (χ3n) is 1.56. The number of hydrogen-bond acceptors (Lipinski definition) is 3. The zero-order chi connectivity index (χ0) is 9.84. The van der Waals surface area contributed by atoms with E-state index in [0.29, 0.717) is 0 Å². The van der Waals surface area contributed by atoms with Gasteiger partial charge in [0.05, 0.1) is 18.2 Å².